The van der Waals surface area contributed by atoms with Crippen LogP contribution in [0.15, 0.2) is 82.4 Å². The molecule has 1 aromatic heterocycles. The van der Waals surface area contributed by atoms with E-state index in [4.69, 9.17) is 4.42 Å². The van der Waals surface area contributed by atoms with Crippen LogP contribution in [-0.4, -0.2) is 21.7 Å². The largest absolute Gasteiger partial charge is 0.411 e. The van der Waals surface area contributed by atoms with E-state index in [0.717, 1.165) is 16.3 Å². The van der Waals surface area contributed by atoms with E-state index >= 15 is 0 Å². The van der Waals surface area contributed by atoms with Gasteiger partial charge in [-0.05, 0) is 16.8 Å². The normalized spacial score (nSPS) is 10.9. The lowest BCUT2D eigenvalue weighted by molar-refractivity contribution is 0.102. The van der Waals surface area contributed by atoms with Gasteiger partial charge in [0, 0.05) is 11.1 Å². The number of carbonyl (C=O) groups excluding carboxylic acids is 1. The van der Waals surface area contributed by atoms with E-state index in [1.54, 1.807) is 12.1 Å². The van der Waals surface area contributed by atoms with Crippen LogP contribution in [0.2, 0.25) is 0 Å². The van der Waals surface area contributed by atoms with Crippen LogP contribution in [0.1, 0.15) is 10.4 Å². The number of benzene rings is 3. The highest BCUT2D eigenvalue weighted by atomic mass is 32.2. The maximum atomic E-state index is 12.2. The number of aromatic nitrogens is 2. The van der Waals surface area contributed by atoms with Crippen LogP contribution in [0.3, 0.4) is 0 Å². The smallest absolute Gasteiger partial charge is 0.277 e. The fraction of sp³-hybridized carbons (Fsp3) is 0.0500. The topological polar surface area (TPSA) is 56.0 Å². The van der Waals surface area contributed by atoms with Gasteiger partial charge in [0.25, 0.3) is 5.22 Å². The summed E-state index contributed by atoms with van der Waals surface area (Å²) in [5.74, 6) is 0.767. The zero-order valence-corrected chi connectivity index (χ0v) is 14.1. The number of nitrogens with zero attached hydrogens (tertiary/aromatic N) is 2. The molecule has 5 heteroatoms. The standard InChI is InChI=1S/C20H14N2O2S/c23-18(15-8-2-1-3-9-15)13-25-20-22-21-19(24-20)17-12-6-10-14-7-4-5-11-16(14)17/h1-12H,13H2. The van der Waals surface area contributed by atoms with Crippen LogP contribution in [0.5, 0.6) is 0 Å². The van der Waals surface area contributed by atoms with Crippen molar-refractivity contribution in [3.8, 4) is 11.5 Å². The lowest BCUT2D eigenvalue weighted by Gasteiger charge is -2.01. The van der Waals surface area contributed by atoms with E-state index in [9.17, 15) is 4.79 Å². The van der Waals surface area contributed by atoms with Crippen molar-refractivity contribution in [1.82, 2.24) is 10.2 Å². The minimum Gasteiger partial charge on any atom is -0.411 e. The van der Waals surface area contributed by atoms with Crippen molar-refractivity contribution in [3.05, 3.63) is 78.4 Å². The van der Waals surface area contributed by atoms with Gasteiger partial charge >= 0.3 is 0 Å². The second kappa shape index (κ2) is 6.91. The van der Waals surface area contributed by atoms with Crippen LogP contribution < -0.4 is 0 Å². The zero-order valence-electron chi connectivity index (χ0n) is 13.3. The summed E-state index contributed by atoms with van der Waals surface area (Å²) in [5.41, 5.74) is 1.58. The van der Waals surface area contributed by atoms with E-state index < -0.39 is 0 Å². The molecule has 1 heterocycles. The minimum atomic E-state index is 0.0375. The van der Waals surface area contributed by atoms with Crippen molar-refractivity contribution in [1.29, 1.82) is 0 Å². The van der Waals surface area contributed by atoms with Gasteiger partial charge in [0.1, 0.15) is 0 Å². The third kappa shape index (κ3) is 3.32. The zero-order chi connectivity index (χ0) is 17.1. The van der Waals surface area contributed by atoms with Gasteiger partial charge in [0.05, 0.1) is 5.75 Å². The SMILES string of the molecule is O=C(CSc1nnc(-c2cccc3ccccc23)o1)c1ccccc1. The summed E-state index contributed by atoms with van der Waals surface area (Å²) in [6.45, 7) is 0. The molecule has 0 aliphatic carbocycles. The molecule has 0 aliphatic heterocycles. The third-order valence-electron chi connectivity index (χ3n) is 3.85. The first-order valence-corrected chi connectivity index (χ1v) is 8.82. The predicted octanol–water partition coefficient (Wildman–Crippen LogP) is 4.86. The Labute approximate surface area is 148 Å². The Morgan fingerprint density at radius 3 is 2.52 bits per heavy atom. The molecule has 0 spiro atoms. The summed E-state index contributed by atoms with van der Waals surface area (Å²) >= 11 is 1.25. The molecular formula is C20H14N2O2S. The van der Waals surface area contributed by atoms with E-state index in [0.29, 0.717) is 16.7 Å². The Balaban J connectivity index is 1.53. The molecule has 4 rings (SSSR count). The highest BCUT2D eigenvalue weighted by Crippen LogP contribution is 2.29. The Morgan fingerprint density at radius 1 is 0.880 bits per heavy atom. The maximum absolute atomic E-state index is 12.2. The molecular weight excluding hydrogens is 332 g/mol. The number of hydrogen-bond acceptors (Lipinski definition) is 5. The van der Waals surface area contributed by atoms with Gasteiger partial charge in [0.15, 0.2) is 5.78 Å². The number of hydrogen-bond donors (Lipinski definition) is 0. The maximum Gasteiger partial charge on any atom is 0.277 e. The van der Waals surface area contributed by atoms with Crippen LogP contribution in [0, 0.1) is 0 Å². The molecule has 25 heavy (non-hydrogen) atoms. The summed E-state index contributed by atoms with van der Waals surface area (Å²) in [4.78, 5) is 12.2. The molecule has 0 N–H and O–H groups in total. The van der Waals surface area contributed by atoms with Gasteiger partial charge in [-0.1, -0.05) is 78.5 Å². The van der Waals surface area contributed by atoms with E-state index in [1.165, 1.54) is 11.8 Å². The van der Waals surface area contributed by atoms with Crippen molar-refractivity contribution < 1.29 is 9.21 Å². The van der Waals surface area contributed by atoms with Gasteiger partial charge in [0.2, 0.25) is 5.89 Å². The number of rotatable bonds is 5. The molecule has 0 saturated carbocycles. The average Bonchev–Trinajstić information content (AvgIpc) is 3.15. The van der Waals surface area contributed by atoms with Crippen LogP contribution >= 0.6 is 11.8 Å². The first-order chi connectivity index (χ1) is 12.3. The monoisotopic (exact) mass is 346 g/mol. The Morgan fingerprint density at radius 2 is 1.64 bits per heavy atom. The third-order valence-corrected chi connectivity index (χ3v) is 4.67. The molecule has 4 nitrogen and oxygen atoms in total. The van der Waals surface area contributed by atoms with Crippen molar-refractivity contribution >= 4 is 28.3 Å². The molecule has 0 radical (unpaired) electrons. The second-order valence-corrected chi connectivity index (χ2v) is 6.40. The second-order valence-electron chi connectivity index (χ2n) is 5.48. The summed E-state index contributed by atoms with van der Waals surface area (Å²) < 4.78 is 5.75. The average molecular weight is 346 g/mol. The molecule has 4 aromatic rings. The molecule has 0 aliphatic rings. The summed E-state index contributed by atoms with van der Waals surface area (Å²) in [7, 11) is 0. The fourth-order valence-electron chi connectivity index (χ4n) is 2.62. The van der Waals surface area contributed by atoms with Crippen LogP contribution in [0.25, 0.3) is 22.2 Å². The van der Waals surface area contributed by atoms with E-state index in [1.807, 2.05) is 60.7 Å². The van der Waals surface area contributed by atoms with Gasteiger partial charge < -0.3 is 4.42 Å². The van der Waals surface area contributed by atoms with Crippen molar-refractivity contribution in [2.75, 3.05) is 5.75 Å². The summed E-state index contributed by atoms with van der Waals surface area (Å²) in [6, 6.07) is 23.2. The van der Waals surface area contributed by atoms with Crippen LogP contribution in [-0.2, 0) is 0 Å². The molecule has 0 amide bonds. The predicted molar refractivity (Wildman–Crippen MR) is 98.7 cm³/mol. The van der Waals surface area contributed by atoms with Gasteiger partial charge in [-0.2, -0.15) is 0 Å². The molecule has 0 fully saturated rings. The highest BCUT2D eigenvalue weighted by Gasteiger charge is 2.13. The van der Waals surface area contributed by atoms with Crippen molar-refractivity contribution in [2.45, 2.75) is 5.22 Å². The molecule has 3 aromatic carbocycles. The lowest BCUT2D eigenvalue weighted by Crippen LogP contribution is -2.01. The Bertz CT molecular complexity index is 1020. The quantitative estimate of drug-likeness (QED) is 0.381. The first kappa shape index (κ1) is 15.6. The first-order valence-electron chi connectivity index (χ1n) is 7.84. The van der Waals surface area contributed by atoms with E-state index in [-0.39, 0.29) is 11.5 Å². The number of Topliss-reactive ketones (excluding diaryl/α,β-unsaturated/α-hetero) is 1. The van der Waals surface area contributed by atoms with Crippen LogP contribution in [0.4, 0.5) is 0 Å². The van der Waals surface area contributed by atoms with Gasteiger partial charge in [-0.15, -0.1) is 10.2 Å². The minimum absolute atomic E-state index is 0.0375. The number of ketones is 1. The van der Waals surface area contributed by atoms with Crippen molar-refractivity contribution in [2.24, 2.45) is 0 Å². The Hall–Kier alpha value is -2.92. The van der Waals surface area contributed by atoms with Gasteiger partial charge in [-0.3, -0.25) is 4.79 Å². The molecule has 0 unspecified atom stereocenters. The summed E-state index contributed by atoms with van der Waals surface area (Å²) in [5, 5.41) is 10.8. The summed E-state index contributed by atoms with van der Waals surface area (Å²) in [6.07, 6.45) is 0. The number of fused-ring (bicyclic) bond motifs is 1. The molecule has 0 saturated heterocycles. The fourth-order valence-corrected chi connectivity index (χ4v) is 3.28. The number of thioether (sulfide) groups is 1. The highest BCUT2D eigenvalue weighted by molar-refractivity contribution is 7.99. The molecule has 122 valence electrons. The number of carbonyl (C=O) groups is 1. The van der Waals surface area contributed by atoms with Gasteiger partial charge in [-0.25, -0.2) is 0 Å². The molecule has 0 bridgehead atoms. The van der Waals surface area contributed by atoms with Crippen molar-refractivity contribution in [3.63, 3.8) is 0 Å². The molecule has 0 atom stereocenters. The lowest BCUT2D eigenvalue weighted by atomic mass is 10.0. The van der Waals surface area contributed by atoms with E-state index in [2.05, 4.69) is 10.2 Å². The Kier molecular flexibility index (Phi) is 4.31.